The Labute approximate surface area is 156 Å². The lowest BCUT2D eigenvalue weighted by atomic mass is 10.1. The molecule has 0 fully saturated rings. The number of esters is 1. The lowest BCUT2D eigenvalue weighted by Crippen LogP contribution is -2.35. The van der Waals surface area contributed by atoms with Crippen molar-refractivity contribution in [1.29, 1.82) is 0 Å². The van der Waals surface area contributed by atoms with E-state index >= 15 is 0 Å². The molecule has 0 aliphatic rings. The Bertz CT molecular complexity index is 990. The number of benzene rings is 2. The Morgan fingerprint density at radius 1 is 1.00 bits per heavy atom. The van der Waals surface area contributed by atoms with E-state index in [0.717, 1.165) is 0 Å². The van der Waals surface area contributed by atoms with Crippen molar-refractivity contribution in [3.05, 3.63) is 65.9 Å². The van der Waals surface area contributed by atoms with Crippen molar-refractivity contribution in [2.75, 3.05) is 18.1 Å². The van der Waals surface area contributed by atoms with Gasteiger partial charge in [0.05, 0.1) is 6.61 Å². The van der Waals surface area contributed by atoms with Crippen LogP contribution in [0, 0.1) is 0 Å². The van der Waals surface area contributed by atoms with Gasteiger partial charge in [-0.1, -0.05) is 42.5 Å². The van der Waals surface area contributed by atoms with Crippen molar-refractivity contribution in [3.63, 3.8) is 0 Å². The van der Waals surface area contributed by atoms with Gasteiger partial charge in [-0.25, -0.2) is 0 Å². The Morgan fingerprint density at radius 3 is 2.33 bits per heavy atom. The summed E-state index contributed by atoms with van der Waals surface area (Å²) >= 11 is 0. The molecule has 138 valence electrons. The van der Waals surface area contributed by atoms with Gasteiger partial charge in [-0.3, -0.25) is 19.3 Å². The normalized spacial score (nSPS) is 10.6. The Balaban J connectivity index is 2.15. The van der Waals surface area contributed by atoms with E-state index in [2.05, 4.69) is 0 Å². The van der Waals surface area contributed by atoms with Crippen LogP contribution in [0.4, 0.5) is 5.69 Å². The Hall–Kier alpha value is -3.41. The van der Waals surface area contributed by atoms with Gasteiger partial charge in [0.15, 0.2) is 5.76 Å². The lowest BCUT2D eigenvalue weighted by molar-refractivity contribution is -0.142. The highest BCUT2D eigenvalue weighted by molar-refractivity contribution is 6.18. The summed E-state index contributed by atoms with van der Waals surface area (Å²) in [5.41, 5.74) is 1.17. The molecule has 27 heavy (non-hydrogen) atoms. The molecule has 0 atom stereocenters. The molecule has 3 rings (SSSR count). The Kier molecular flexibility index (Phi) is 5.35. The highest BCUT2D eigenvalue weighted by atomic mass is 16.5. The second kappa shape index (κ2) is 7.86. The van der Waals surface area contributed by atoms with Gasteiger partial charge in [0.25, 0.3) is 0 Å². The number of fused-ring (bicyclic) bond motifs is 1. The van der Waals surface area contributed by atoms with Crippen LogP contribution in [0.3, 0.4) is 0 Å². The molecule has 0 saturated carbocycles. The van der Waals surface area contributed by atoms with Gasteiger partial charge in [0, 0.05) is 17.9 Å². The maximum atomic E-state index is 13.0. The van der Waals surface area contributed by atoms with Crippen LogP contribution in [0.15, 0.2) is 59.0 Å². The number of nitrogens with zero attached hydrogens (tertiary/aromatic N) is 1. The molecule has 0 aliphatic heterocycles. The van der Waals surface area contributed by atoms with E-state index in [4.69, 9.17) is 9.15 Å². The standard InChI is InChI=1S/C21H19NO5/c1-3-26-18(24)13-22(14(2)23)19-16-11-7-8-12-17(16)27-21(19)20(25)15-9-5-4-6-10-15/h4-12H,3,13H2,1-2H3. The van der Waals surface area contributed by atoms with Gasteiger partial charge in [0.1, 0.15) is 17.8 Å². The number of hydrogen-bond donors (Lipinski definition) is 0. The van der Waals surface area contributed by atoms with Crippen molar-refractivity contribution in [2.45, 2.75) is 13.8 Å². The number of carbonyl (C=O) groups is 3. The number of ether oxygens (including phenoxy) is 1. The summed E-state index contributed by atoms with van der Waals surface area (Å²) in [5, 5.41) is 0.580. The van der Waals surface area contributed by atoms with E-state index in [-0.39, 0.29) is 30.4 Å². The molecule has 3 aromatic rings. The highest BCUT2D eigenvalue weighted by Gasteiger charge is 2.29. The van der Waals surface area contributed by atoms with E-state index < -0.39 is 11.9 Å². The SMILES string of the molecule is CCOC(=O)CN(C(C)=O)c1c(C(=O)c2ccccc2)oc2ccccc12. The number of rotatable bonds is 6. The zero-order valence-electron chi connectivity index (χ0n) is 15.1. The van der Waals surface area contributed by atoms with E-state index in [9.17, 15) is 14.4 Å². The van der Waals surface area contributed by atoms with E-state index in [1.807, 2.05) is 0 Å². The Morgan fingerprint density at radius 2 is 1.67 bits per heavy atom. The number of anilines is 1. The predicted octanol–water partition coefficient (Wildman–Crippen LogP) is 3.58. The van der Waals surface area contributed by atoms with E-state index in [0.29, 0.717) is 16.5 Å². The van der Waals surface area contributed by atoms with Crippen LogP contribution >= 0.6 is 0 Å². The molecule has 0 bridgehead atoms. The minimum Gasteiger partial charge on any atom is -0.465 e. The van der Waals surface area contributed by atoms with E-state index in [1.54, 1.807) is 61.5 Å². The van der Waals surface area contributed by atoms with Crippen LogP contribution in [-0.2, 0) is 14.3 Å². The third kappa shape index (κ3) is 3.74. The summed E-state index contributed by atoms with van der Waals surface area (Å²) in [6.07, 6.45) is 0. The molecule has 1 heterocycles. The topological polar surface area (TPSA) is 76.8 Å². The van der Waals surface area contributed by atoms with Gasteiger partial charge in [-0.15, -0.1) is 0 Å². The molecule has 1 amide bonds. The van der Waals surface area contributed by atoms with Gasteiger partial charge >= 0.3 is 5.97 Å². The zero-order chi connectivity index (χ0) is 19.4. The fraction of sp³-hybridized carbons (Fsp3) is 0.190. The van der Waals surface area contributed by atoms with Gasteiger partial charge in [0.2, 0.25) is 11.7 Å². The average Bonchev–Trinajstić information content (AvgIpc) is 3.05. The molecule has 6 heteroatoms. The maximum Gasteiger partial charge on any atom is 0.326 e. The molecule has 0 aliphatic carbocycles. The number of carbonyl (C=O) groups excluding carboxylic acids is 3. The molecular formula is C21H19NO5. The maximum absolute atomic E-state index is 13.0. The van der Waals surface area contributed by atoms with Crippen molar-refractivity contribution in [3.8, 4) is 0 Å². The molecule has 0 saturated heterocycles. The monoisotopic (exact) mass is 365 g/mol. The van der Waals surface area contributed by atoms with Crippen LogP contribution in [0.2, 0.25) is 0 Å². The molecule has 1 aromatic heterocycles. The highest BCUT2D eigenvalue weighted by Crippen LogP contribution is 2.35. The minimum absolute atomic E-state index is 0.0156. The summed E-state index contributed by atoms with van der Waals surface area (Å²) in [7, 11) is 0. The molecule has 0 unspecified atom stereocenters. The van der Waals surface area contributed by atoms with Crippen molar-refractivity contribution in [1.82, 2.24) is 0 Å². The first kappa shape index (κ1) is 18.4. The third-order valence-electron chi connectivity index (χ3n) is 4.05. The summed E-state index contributed by atoms with van der Waals surface area (Å²) in [4.78, 5) is 38.6. The fourth-order valence-corrected chi connectivity index (χ4v) is 2.86. The summed E-state index contributed by atoms with van der Waals surface area (Å²) in [6, 6.07) is 15.6. The molecule has 2 aromatic carbocycles. The summed E-state index contributed by atoms with van der Waals surface area (Å²) in [5.74, 6) is -1.30. The van der Waals surface area contributed by atoms with Crippen molar-refractivity contribution in [2.24, 2.45) is 0 Å². The summed E-state index contributed by atoms with van der Waals surface area (Å²) < 4.78 is 10.8. The van der Waals surface area contributed by atoms with Gasteiger partial charge < -0.3 is 9.15 Å². The smallest absolute Gasteiger partial charge is 0.326 e. The average molecular weight is 365 g/mol. The van der Waals surface area contributed by atoms with Crippen LogP contribution in [0.5, 0.6) is 0 Å². The third-order valence-corrected chi connectivity index (χ3v) is 4.05. The second-order valence-corrected chi connectivity index (χ2v) is 5.88. The largest absolute Gasteiger partial charge is 0.465 e. The van der Waals surface area contributed by atoms with Crippen LogP contribution in [0.25, 0.3) is 11.0 Å². The zero-order valence-corrected chi connectivity index (χ0v) is 15.1. The minimum atomic E-state index is -0.559. The van der Waals surface area contributed by atoms with Crippen LogP contribution in [0.1, 0.15) is 30.0 Å². The molecule has 6 nitrogen and oxygen atoms in total. The first-order valence-corrected chi connectivity index (χ1v) is 8.58. The second-order valence-electron chi connectivity index (χ2n) is 5.88. The summed E-state index contributed by atoms with van der Waals surface area (Å²) in [6.45, 7) is 2.92. The van der Waals surface area contributed by atoms with Gasteiger partial charge in [-0.05, 0) is 19.1 Å². The first-order chi connectivity index (χ1) is 13.0. The number of ketones is 1. The number of furan rings is 1. The lowest BCUT2D eigenvalue weighted by Gasteiger charge is -2.20. The van der Waals surface area contributed by atoms with Gasteiger partial charge in [-0.2, -0.15) is 0 Å². The molecule has 0 spiro atoms. The number of amides is 1. The fourth-order valence-electron chi connectivity index (χ4n) is 2.86. The predicted molar refractivity (Wildman–Crippen MR) is 101 cm³/mol. The van der Waals surface area contributed by atoms with Crippen LogP contribution in [-0.4, -0.2) is 30.8 Å². The van der Waals surface area contributed by atoms with E-state index in [1.165, 1.54) is 11.8 Å². The van der Waals surface area contributed by atoms with Crippen molar-refractivity contribution < 1.29 is 23.5 Å². The van der Waals surface area contributed by atoms with Crippen molar-refractivity contribution >= 4 is 34.3 Å². The quantitative estimate of drug-likeness (QED) is 0.493. The first-order valence-electron chi connectivity index (χ1n) is 8.58. The molecular weight excluding hydrogens is 346 g/mol. The molecule has 0 N–H and O–H groups in total. The van der Waals surface area contributed by atoms with Crippen LogP contribution < -0.4 is 4.90 Å². The number of hydrogen-bond acceptors (Lipinski definition) is 5. The number of para-hydroxylation sites is 1. The molecule has 0 radical (unpaired) electrons.